The van der Waals surface area contributed by atoms with Crippen molar-refractivity contribution in [3.63, 3.8) is 0 Å². The summed E-state index contributed by atoms with van der Waals surface area (Å²) in [5.74, 6) is 2.43. The lowest BCUT2D eigenvalue weighted by Crippen LogP contribution is -2.30. The maximum Gasteiger partial charge on any atom is 0.133 e. The van der Waals surface area contributed by atoms with Gasteiger partial charge >= 0.3 is 0 Å². The zero-order chi connectivity index (χ0) is 11.1. The minimum Gasteiger partial charge on any atom is -0.361 e. The molecule has 0 aromatic carbocycles. The van der Waals surface area contributed by atoms with Crippen LogP contribution in [0.4, 0.5) is 0 Å². The van der Waals surface area contributed by atoms with Gasteiger partial charge in [0, 0.05) is 31.7 Å². The number of fused-ring (bicyclic) bond motifs is 1. The molecule has 3 rings (SSSR count). The highest BCUT2D eigenvalue weighted by Gasteiger charge is 2.40. The van der Waals surface area contributed by atoms with E-state index in [0.717, 1.165) is 30.5 Å². The molecule has 4 nitrogen and oxygen atoms in total. The first-order valence-electron chi connectivity index (χ1n) is 6.12. The summed E-state index contributed by atoms with van der Waals surface area (Å²) in [6.07, 6.45) is 2.52. The summed E-state index contributed by atoms with van der Waals surface area (Å²) in [6, 6.07) is 2.45. The Kier molecular flexibility index (Phi) is 3.76. The first kappa shape index (κ1) is 12.9. The van der Waals surface area contributed by atoms with E-state index >= 15 is 0 Å². The van der Waals surface area contributed by atoms with E-state index in [-0.39, 0.29) is 12.4 Å². The molecule has 96 valence electrons. The van der Waals surface area contributed by atoms with E-state index in [1.165, 1.54) is 19.4 Å². The van der Waals surface area contributed by atoms with Gasteiger partial charge in [0.1, 0.15) is 5.76 Å². The molecule has 0 amide bonds. The van der Waals surface area contributed by atoms with Crippen molar-refractivity contribution in [3.8, 4) is 0 Å². The van der Waals surface area contributed by atoms with Crippen LogP contribution in [0.2, 0.25) is 0 Å². The summed E-state index contributed by atoms with van der Waals surface area (Å²) in [5.41, 5.74) is 7.17. The fraction of sp³-hybridized carbons (Fsp3) is 0.750. The molecule has 1 saturated heterocycles. The van der Waals surface area contributed by atoms with Crippen LogP contribution in [0.1, 0.15) is 24.3 Å². The fourth-order valence-corrected chi connectivity index (χ4v) is 3.25. The van der Waals surface area contributed by atoms with E-state index < -0.39 is 0 Å². The molecule has 0 spiro atoms. The number of hydrogen-bond acceptors (Lipinski definition) is 4. The number of hydrogen-bond donors (Lipinski definition) is 1. The SMILES string of the molecule is Cc1cc(CN2CC3CCC(N)C3C2)no1.Cl. The van der Waals surface area contributed by atoms with E-state index in [4.69, 9.17) is 10.3 Å². The average Bonchev–Trinajstić information content (AvgIpc) is 2.88. The normalized spacial score (nSPS) is 32.5. The van der Waals surface area contributed by atoms with Gasteiger partial charge in [-0.3, -0.25) is 4.90 Å². The lowest BCUT2D eigenvalue weighted by Gasteiger charge is -2.16. The van der Waals surface area contributed by atoms with Crippen LogP contribution in [-0.4, -0.2) is 29.2 Å². The second-order valence-corrected chi connectivity index (χ2v) is 5.29. The largest absolute Gasteiger partial charge is 0.361 e. The first-order valence-corrected chi connectivity index (χ1v) is 6.12. The number of rotatable bonds is 2. The topological polar surface area (TPSA) is 55.3 Å². The number of nitrogens with two attached hydrogens (primary N) is 1. The molecule has 2 heterocycles. The molecule has 0 radical (unpaired) electrons. The van der Waals surface area contributed by atoms with Crippen molar-refractivity contribution in [1.29, 1.82) is 0 Å². The zero-order valence-corrected chi connectivity index (χ0v) is 10.9. The third-order valence-corrected chi connectivity index (χ3v) is 4.05. The Morgan fingerprint density at radius 3 is 2.94 bits per heavy atom. The Balaban J connectivity index is 0.00000108. The van der Waals surface area contributed by atoms with Crippen LogP contribution in [0.5, 0.6) is 0 Å². The third kappa shape index (κ3) is 2.49. The quantitative estimate of drug-likeness (QED) is 0.874. The van der Waals surface area contributed by atoms with Gasteiger partial charge in [0.05, 0.1) is 5.69 Å². The molecule has 2 N–H and O–H groups in total. The Hall–Kier alpha value is -0.580. The van der Waals surface area contributed by atoms with Crippen molar-refractivity contribution < 1.29 is 4.52 Å². The van der Waals surface area contributed by atoms with Gasteiger partial charge < -0.3 is 10.3 Å². The third-order valence-electron chi connectivity index (χ3n) is 4.05. The molecular weight excluding hydrogens is 238 g/mol. The van der Waals surface area contributed by atoms with Crippen LogP contribution in [0.3, 0.4) is 0 Å². The summed E-state index contributed by atoms with van der Waals surface area (Å²) in [5, 5.41) is 4.04. The standard InChI is InChI=1S/C12H19N3O.ClH/c1-8-4-10(14-16-8)6-15-5-9-2-3-12(13)11(9)7-15;/h4,9,11-12H,2-3,5-7,13H2,1H3;1H. The van der Waals surface area contributed by atoms with Crippen LogP contribution < -0.4 is 5.73 Å². The van der Waals surface area contributed by atoms with Crippen molar-refractivity contribution in [2.75, 3.05) is 13.1 Å². The predicted molar refractivity (Wildman–Crippen MR) is 68.0 cm³/mol. The van der Waals surface area contributed by atoms with Gasteiger partial charge in [0.15, 0.2) is 0 Å². The number of aryl methyl sites for hydroxylation is 1. The molecule has 5 heteroatoms. The van der Waals surface area contributed by atoms with Crippen molar-refractivity contribution >= 4 is 12.4 Å². The summed E-state index contributed by atoms with van der Waals surface area (Å²) >= 11 is 0. The lowest BCUT2D eigenvalue weighted by atomic mass is 9.98. The second kappa shape index (κ2) is 4.96. The lowest BCUT2D eigenvalue weighted by molar-refractivity contribution is 0.285. The maximum atomic E-state index is 6.12. The number of halogens is 1. The molecule has 3 atom stereocenters. The van der Waals surface area contributed by atoms with Crippen LogP contribution in [0.25, 0.3) is 0 Å². The Bertz CT molecular complexity index is 382. The molecule has 3 unspecified atom stereocenters. The van der Waals surface area contributed by atoms with Gasteiger partial charge in [-0.2, -0.15) is 0 Å². The van der Waals surface area contributed by atoms with Gasteiger partial charge in [-0.1, -0.05) is 5.16 Å². The molecule has 1 aliphatic heterocycles. The molecule has 1 aromatic heterocycles. The van der Waals surface area contributed by atoms with Gasteiger partial charge in [0.25, 0.3) is 0 Å². The molecule has 1 aliphatic carbocycles. The van der Waals surface area contributed by atoms with Gasteiger partial charge in [0.2, 0.25) is 0 Å². The average molecular weight is 258 g/mol. The van der Waals surface area contributed by atoms with E-state index in [0.29, 0.717) is 12.0 Å². The second-order valence-electron chi connectivity index (χ2n) is 5.29. The molecule has 2 aliphatic rings. The number of aromatic nitrogens is 1. The highest BCUT2D eigenvalue weighted by atomic mass is 35.5. The van der Waals surface area contributed by atoms with Crippen LogP contribution in [0.15, 0.2) is 10.6 Å². The van der Waals surface area contributed by atoms with E-state index in [1.807, 2.05) is 13.0 Å². The summed E-state index contributed by atoms with van der Waals surface area (Å²) in [4.78, 5) is 2.46. The predicted octanol–water partition coefficient (Wildman–Crippen LogP) is 1.57. The Labute approximate surface area is 108 Å². The van der Waals surface area contributed by atoms with Gasteiger partial charge in [-0.05, 0) is 31.6 Å². The van der Waals surface area contributed by atoms with Gasteiger partial charge in [-0.15, -0.1) is 12.4 Å². The van der Waals surface area contributed by atoms with Crippen LogP contribution in [0, 0.1) is 18.8 Å². The summed E-state index contributed by atoms with van der Waals surface area (Å²) in [6.45, 7) is 5.17. The molecule has 1 saturated carbocycles. The number of likely N-dealkylation sites (tertiary alicyclic amines) is 1. The van der Waals surface area contributed by atoms with E-state index in [1.54, 1.807) is 0 Å². The maximum absolute atomic E-state index is 6.12. The van der Waals surface area contributed by atoms with Gasteiger partial charge in [-0.25, -0.2) is 0 Å². The summed E-state index contributed by atoms with van der Waals surface area (Å²) < 4.78 is 5.09. The molecular formula is C12H20ClN3O. The highest BCUT2D eigenvalue weighted by Crippen LogP contribution is 2.37. The minimum absolute atomic E-state index is 0. The molecule has 1 aromatic rings. The molecule has 17 heavy (non-hydrogen) atoms. The summed E-state index contributed by atoms with van der Waals surface area (Å²) in [7, 11) is 0. The minimum atomic E-state index is 0. The number of nitrogens with zero attached hydrogens (tertiary/aromatic N) is 2. The van der Waals surface area contributed by atoms with Crippen molar-refractivity contribution in [1.82, 2.24) is 10.1 Å². The van der Waals surface area contributed by atoms with Crippen molar-refractivity contribution in [3.05, 3.63) is 17.5 Å². The Morgan fingerprint density at radius 1 is 1.47 bits per heavy atom. The Morgan fingerprint density at radius 2 is 2.29 bits per heavy atom. The first-order chi connectivity index (χ1) is 7.72. The fourth-order valence-electron chi connectivity index (χ4n) is 3.25. The van der Waals surface area contributed by atoms with Crippen molar-refractivity contribution in [2.45, 2.75) is 32.4 Å². The highest BCUT2D eigenvalue weighted by molar-refractivity contribution is 5.85. The van der Waals surface area contributed by atoms with Crippen LogP contribution >= 0.6 is 12.4 Å². The van der Waals surface area contributed by atoms with E-state index in [2.05, 4.69) is 10.1 Å². The van der Waals surface area contributed by atoms with Crippen LogP contribution in [-0.2, 0) is 6.54 Å². The zero-order valence-electron chi connectivity index (χ0n) is 10.1. The van der Waals surface area contributed by atoms with E-state index in [9.17, 15) is 0 Å². The molecule has 0 bridgehead atoms. The smallest absolute Gasteiger partial charge is 0.133 e. The monoisotopic (exact) mass is 257 g/mol. The van der Waals surface area contributed by atoms with Crippen molar-refractivity contribution in [2.24, 2.45) is 17.6 Å². The molecule has 2 fully saturated rings.